The van der Waals surface area contributed by atoms with Crippen LogP contribution in [0.4, 0.5) is 23.4 Å². The number of pyridine rings is 1. The van der Waals surface area contributed by atoms with Crippen LogP contribution < -0.4 is 4.90 Å². The minimum Gasteiger partial charge on any atom is -0.353 e. The van der Waals surface area contributed by atoms with Gasteiger partial charge in [-0.15, -0.1) is 0 Å². The van der Waals surface area contributed by atoms with Crippen LogP contribution in [0, 0.1) is 5.82 Å². The van der Waals surface area contributed by atoms with Crippen molar-refractivity contribution in [3.8, 4) is 0 Å². The lowest BCUT2D eigenvalue weighted by Gasteiger charge is -2.35. The maximum Gasteiger partial charge on any atom is 0.417 e. The van der Waals surface area contributed by atoms with Crippen LogP contribution in [-0.4, -0.2) is 54.2 Å². The molecule has 0 unspecified atom stereocenters. The van der Waals surface area contributed by atoms with Gasteiger partial charge in [-0.2, -0.15) is 17.5 Å². The lowest BCUT2D eigenvalue weighted by atomic mass is 10.2. The van der Waals surface area contributed by atoms with E-state index in [1.807, 2.05) is 0 Å². The molecule has 0 aliphatic carbocycles. The number of hydrogen-bond donors (Lipinski definition) is 0. The summed E-state index contributed by atoms with van der Waals surface area (Å²) in [6, 6.07) is 2.82. The molecule has 1 aliphatic heterocycles. The van der Waals surface area contributed by atoms with Crippen LogP contribution >= 0.6 is 11.6 Å². The first kappa shape index (κ1) is 20.8. The van der Waals surface area contributed by atoms with Gasteiger partial charge in [-0.3, -0.25) is 0 Å². The van der Waals surface area contributed by atoms with E-state index in [0.29, 0.717) is 6.20 Å². The molecule has 4 rings (SSSR count). The number of aromatic nitrogens is 3. The second kappa shape index (κ2) is 7.32. The molecule has 1 saturated heterocycles. The topological polar surface area (TPSA) is 92.4 Å². The second-order valence-corrected chi connectivity index (χ2v) is 8.74. The number of halogens is 5. The number of alkyl halides is 3. The molecule has 2 aromatic heterocycles. The SMILES string of the molecule is O=S(=O)(c1ccc(F)c2nonc12)N1CCN(c2ncc(C(F)(F)F)cc2Cl)CC1. The summed E-state index contributed by atoms with van der Waals surface area (Å²) in [7, 11) is -4.04. The summed E-state index contributed by atoms with van der Waals surface area (Å²) < 4.78 is 83.6. The molecule has 0 saturated carbocycles. The molecule has 160 valence electrons. The van der Waals surface area contributed by atoms with Gasteiger partial charge in [0.2, 0.25) is 10.0 Å². The average Bonchev–Trinajstić information content (AvgIpc) is 3.18. The average molecular weight is 466 g/mol. The molecule has 1 aliphatic rings. The Morgan fingerprint density at radius 2 is 1.73 bits per heavy atom. The Morgan fingerprint density at radius 1 is 1.07 bits per heavy atom. The van der Waals surface area contributed by atoms with Gasteiger partial charge in [0.05, 0.1) is 10.6 Å². The number of benzene rings is 1. The summed E-state index contributed by atoms with van der Waals surface area (Å²) in [6.45, 7) is 0.286. The molecule has 30 heavy (non-hydrogen) atoms. The van der Waals surface area contributed by atoms with Crippen molar-refractivity contribution >= 4 is 38.5 Å². The number of sulfonamides is 1. The number of rotatable bonds is 3. The third-order valence-corrected chi connectivity index (χ3v) is 6.84. The molecule has 0 spiro atoms. The highest BCUT2D eigenvalue weighted by atomic mass is 35.5. The Balaban J connectivity index is 1.54. The normalized spacial score (nSPS) is 16.4. The standard InChI is InChI=1S/C16H12ClF4N5O3S/c17-10-7-9(16(19,20)21)8-22-15(10)25-3-5-26(6-4-25)30(27,28)12-2-1-11(18)13-14(12)24-29-23-13/h1-2,7-8H,3-6H2. The van der Waals surface area contributed by atoms with E-state index < -0.39 is 27.6 Å². The lowest BCUT2D eigenvalue weighted by Crippen LogP contribution is -2.49. The van der Waals surface area contributed by atoms with Gasteiger partial charge in [0.25, 0.3) is 0 Å². The van der Waals surface area contributed by atoms with Crippen LogP contribution in [-0.2, 0) is 16.2 Å². The monoisotopic (exact) mass is 465 g/mol. The second-order valence-electron chi connectivity index (χ2n) is 6.43. The molecule has 0 bridgehead atoms. The van der Waals surface area contributed by atoms with Crippen LogP contribution in [0.3, 0.4) is 0 Å². The summed E-state index contributed by atoms with van der Waals surface area (Å²) in [5.41, 5.74) is -1.49. The van der Waals surface area contributed by atoms with Crippen molar-refractivity contribution < 1.29 is 30.6 Å². The summed E-state index contributed by atoms with van der Waals surface area (Å²) in [4.78, 5) is 5.13. The summed E-state index contributed by atoms with van der Waals surface area (Å²) in [5.74, 6) is -0.635. The van der Waals surface area contributed by atoms with Gasteiger partial charge in [0.15, 0.2) is 16.9 Å². The Bertz CT molecular complexity index is 1210. The molecule has 0 N–H and O–H groups in total. The summed E-state index contributed by atoms with van der Waals surface area (Å²) >= 11 is 5.96. The third kappa shape index (κ3) is 3.56. The molecule has 8 nitrogen and oxygen atoms in total. The summed E-state index contributed by atoms with van der Waals surface area (Å²) in [5, 5.41) is 6.66. The zero-order valence-corrected chi connectivity index (χ0v) is 16.5. The minimum atomic E-state index is -4.57. The molecular weight excluding hydrogens is 454 g/mol. The lowest BCUT2D eigenvalue weighted by molar-refractivity contribution is -0.137. The van der Waals surface area contributed by atoms with E-state index in [-0.39, 0.29) is 52.9 Å². The highest BCUT2D eigenvalue weighted by Crippen LogP contribution is 2.34. The first-order chi connectivity index (χ1) is 14.1. The fourth-order valence-corrected chi connectivity index (χ4v) is 4.95. The maximum atomic E-state index is 13.7. The van der Waals surface area contributed by atoms with Crippen LogP contribution in [0.5, 0.6) is 0 Å². The fraction of sp³-hybridized carbons (Fsp3) is 0.312. The van der Waals surface area contributed by atoms with Crippen LogP contribution in [0.1, 0.15) is 5.56 Å². The van der Waals surface area contributed by atoms with E-state index in [0.717, 1.165) is 22.5 Å². The predicted octanol–water partition coefficient (Wildman–Crippen LogP) is 2.94. The Kier molecular flexibility index (Phi) is 5.06. The van der Waals surface area contributed by atoms with Crippen LogP contribution in [0.2, 0.25) is 5.02 Å². The molecule has 3 heterocycles. The fourth-order valence-electron chi connectivity index (χ4n) is 3.12. The molecular formula is C16H12ClF4N5O3S. The van der Waals surface area contributed by atoms with Gasteiger partial charge in [-0.05, 0) is 28.5 Å². The smallest absolute Gasteiger partial charge is 0.353 e. The van der Waals surface area contributed by atoms with Crippen LogP contribution in [0.15, 0.2) is 33.9 Å². The van der Waals surface area contributed by atoms with E-state index in [9.17, 15) is 26.0 Å². The molecule has 0 amide bonds. The van der Waals surface area contributed by atoms with E-state index in [4.69, 9.17) is 11.6 Å². The Hall–Kier alpha value is -2.51. The zero-order chi connectivity index (χ0) is 21.7. The highest BCUT2D eigenvalue weighted by molar-refractivity contribution is 7.89. The van der Waals surface area contributed by atoms with Gasteiger partial charge in [0.1, 0.15) is 10.7 Å². The molecule has 14 heteroatoms. The van der Waals surface area contributed by atoms with Crippen molar-refractivity contribution in [1.82, 2.24) is 19.6 Å². The first-order valence-electron chi connectivity index (χ1n) is 8.47. The van der Waals surface area contributed by atoms with E-state index in [1.165, 1.54) is 0 Å². The molecule has 1 fully saturated rings. The number of nitrogens with zero attached hydrogens (tertiary/aromatic N) is 5. The number of piperazine rings is 1. The van der Waals surface area contributed by atoms with Gasteiger partial charge in [0, 0.05) is 32.4 Å². The third-order valence-electron chi connectivity index (χ3n) is 4.63. The van der Waals surface area contributed by atoms with E-state index in [2.05, 4.69) is 19.9 Å². The van der Waals surface area contributed by atoms with Gasteiger partial charge in [-0.25, -0.2) is 22.4 Å². The van der Waals surface area contributed by atoms with Gasteiger partial charge >= 0.3 is 6.18 Å². The first-order valence-corrected chi connectivity index (χ1v) is 10.3. The highest BCUT2D eigenvalue weighted by Gasteiger charge is 2.34. The molecule has 1 aromatic carbocycles. The van der Waals surface area contributed by atoms with E-state index in [1.54, 1.807) is 4.90 Å². The van der Waals surface area contributed by atoms with Crippen LogP contribution in [0.25, 0.3) is 11.0 Å². The minimum absolute atomic E-state index is 0.00547. The number of anilines is 1. The molecule has 0 atom stereocenters. The Labute approximate surface area is 172 Å². The van der Waals surface area contributed by atoms with Crippen molar-refractivity contribution in [3.05, 3.63) is 40.8 Å². The number of hydrogen-bond acceptors (Lipinski definition) is 7. The number of fused-ring (bicyclic) bond motifs is 1. The van der Waals surface area contributed by atoms with Crippen molar-refractivity contribution in [1.29, 1.82) is 0 Å². The van der Waals surface area contributed by atoms with Crippen molar-refractivity contribution in [2.75, 3.05) is 31.1 Å². The van der Waals surface area contributed by atoms with Crippen molar-refractivity contribution in [3.63, 3.8) is 0 Å². The maximum absolute atomic E-state index is 13.7. The van der Waals surface area contributed by atoms with Crippen molar-refractivity contribution in [2.45, 2.75) is 11.1 Å². The summed E-state index contributed by atoms with van der Waals surface area (Å²) in [6.07, 6.45) is -3.89. The van der Waals surface area contributed by atoms with Crippen molar-refractivity contribution in [2.24, 2.45) is 0 Å². The largest absolute Gasteiger partial charge is 0.417 e. The molecule has 3 aromatic rings. The van der Waals surface area contributed by atoms with Gasteiger partial charge < -0.3 is 4.90 Å². The Morgan fingerprint density at radius 3 is 2.37 bits per heavy atom. The van der Waals surface area contributed by atoms with E-state index >= 15 is 0 Å². The zero-order valence-electron chi connectivity index (χ0n) is 14.9. The van der Waals surface area contributed by atoms with Gasteiger partial charge in [-0.1, -0.05) is 11.6 Å². The predicted molar refractivity (Wildman–Crippen MR) is 97.0 cm³/mol. The molecule has 0 radical (unpaired) electrons. The quantitative estimate of drug-likeness (QED) is 0.549.